The Kier molecular flexibility index (Phi) is 4.93. The van der Waals surface area contributed by atoms with E-state index in [1.54, 1.807) is 16.7 Å². The predicted molar refractivity (Wildman–Crippen MR) is 84.1 cm³/mol. The van der Waals surface area contributed by atoms with Crippen LogP contribution >= 0.6 is 0 Å². The average Bonchev–Trinajstić information content (AvgIpc) is 2.35. The molecule has 1 aromatic heterocycles. The van der Waals surface area contributed by atoms with Crippen LogP contribution in [0.4, 0.5) is 0 Å². The van der Waals surface area contributed by atoms with E-state index in [4.69, 9.17) is 0 Å². The first-order valence-electron chi connectivity index (χ1n) is 6.83. The average molecular weight is 259 g/mol. The molecule has 1 heterocycles. The van der Waals surface area contributed by atoms with Gasteiger partial charge in [0.25, 0.3) is 5.56 Å². The van der Waals surface area contributed by atoms with Crippen molar-refractivity contribution in [1.82, 2.24) is 4.57 Å². The summed E-state index contributed by atoms with van der Waals surface area (Å²) < 4.78 is 1.80. The maximum atomic E-state index is 12.4. The Balaban J connectivity index is 3.20. The molecule has 0 aliphatic heterocycles. The maximum absolute atomic E-state index is 12.4. The second-order valence-corrected chi connectivity index (χ2v) is 6.02. The van der Waals surface area contributed by atoms with Crippen LogP contribution in [0.3, 0.4) is 0 Å². The zero-order valence-electron chi connectivity index (χ0n) is 12.6. The van der Waals surface area contributed by atoms with Gasteiger partial charge in [0, 0.05) is 18.3 Å². The first kappa shape index (κ1) is 15.5. The van der Waals surface area contributed by atoms with E-state index in [1.807, 2.05) is 12.3 Å². The molecule has 0 aliphatic carbocycles. The molecule has 0 aromatic carbocycles. The molecule has 1 aromatic rings. The molecule has 1 unspecified atom stereocenters. The number of rotatable bonds is 5. The fourth-order valence-corrected chi connectivity index (χ4v) is 2.39. The Hall–Kier alpha value is -1.57. The van der Waals surface area contributed by atoms with E-state index in [0.717, 1.165) is 18.5 Å². The molecule has 104 valence electrons. The lowest BCUT2D eigenvalue weighted by Gasteiger charge is -2.30. The third kappa shape index (κ3) is 3.46. The molecular weight excluding hydrogens is 234 g/mol. The molecule has 2 nitrogen and oxygen atoms in total. The topological polar surface area (TPSA) is 22.0 Å². The Bertz CT molecular complexity index is 517. The molecule has 0 bridgehead atoms. The van der Waals surface area contributed by atoms with Crippen molar-refractivity contribution in [3.05, 3.63) is 46.9 Å². The third-order valence-corrected chi connectivity index (χ3v) is 3.79. The van der Waals surface area contributed by atoms with Gasteiger partial charge in [0.2, 0.25) is 0 Å². The second-order valence-electron chi connectivity index (χ2n) is 6.02. The van der Waals surface area contributed by atoms with Gasteiger partial charge in [-0.05, 0) is 23.0 Å². The van der Waals surface area contributed by atoms with E-state index >= 15 is 0 Å². The number of nitrogens with zero attached hydrogens (tertiary/aromatic N) is 1. The van der Waals surface area contributed by atoms with Gasteiger partial charge in [-0.1, -0.05) is 59.4 Å². The number of aromatic nitrogens is 1. The Labute approximate surface area is 116 Å². The number of hydrogen-bond donors (Lipinski definition) is 0. The van der Waals surface area contributed by atoms with E-state index in [-0.39, 0.29) is 11.0 Å². The summed E-state index contributed by atoms with van der Waals surface area (Å²) in [7, 11) is 0. The van der Waals surface area contributed by atoms with E-state index in [0.29, 0.717) is 11.5 Å². The van der Waals surface area contributed by atoms with Crippen LogP contribution in [0.25, 0.3) is 12.2 Å². The van der Waals surface area contributed by atoms with Crippen molar-refractivity contribution in [2.75, 3.05) is 0 Å². The smallest absolute Gasteiger partial charge is 0.258 e. The number of pyridine rings is 1. The summed E-state index contributed by atoms with van der Waals surface area (Å²) in [6.07, 6.45) is 6.24. The fraction of sp³-hybridized carbons (Fsp3) is 0.471. The van der Waals surface area contributed by atoms with Gasteiger partial charge in [-0.3, -0.25) is 4.79 Å². The third-order valence-electron chi connectivity index (χ3n) is 3.79. The lowest BCUT2D eigenvalue weighted by Crippen LogP contribution is -2.31. The molecule has 0 N–H and O–H groups in total. The lowest BCUT2D eigenvalue weighted by molar-refractivity contribution is 0.203. The molecular formula is C17H25NO. The summed E-state index contributed by atoms with van der Waals surface area (Å²) in [6.45, 7) is 17.0. The molecule has 0 saturated heterocycles. The zero-order valence-corrected chi connectivity index (χ0v) is 12.6. The standard InChI is InChI=1S/C17H25NO/c1-7-13-10-11-18(16(19)15(13)9-3)12-14(8-2)17(4,5)6/h7,9-11,14H,1,3,8,12H2,2,4-6H3. The molecule has 0 spiro atoms. The van der Waals surface area contributed by atoms with Gasteiger partial charge in [0.05, 0.1) is 0 Å². The summed E-state index contributed by atoms with van der Waals surface area (Å²) in [5.74, 6) is 0.470. The molecule has 1 atom stereocenters. The summed E-state index contributed by atoms with van der Waals surface area (Å²) in [6, 6.07) is 1.93. The van der Waals surface area contributed by atoms with Crippen LogP contribution < -0.4 is 5.56 Å². The maximum Gasteiger partial charge on any atom is 0.258 e. The van der Waals surface area contributed by atoms with Gasteiger partial charge in [0.1, 0.15) is 0 Å². The Morgan fingerprint density at radius 3 is 2.37 bits per heavy atom. The highest BCUT2D eigenvalue weighted by atomic mass is 16.1. The van der Waals surface area contributed by atoms with E-state index in [1.165, 1.54) is 0 Å². The SMILES string of the molecule is C=Cc1ccn(CC(CC)C(C)(C)C)c(=O)c1C=C. The monoisotopic (exact) mass is 259 g/mol. The first-order chi connectivity index (χ1) is 8.85. The summed E-state index contributed by atoms with van der Waals surface area (Å²) in [5.41, 5.74) is 1.70. The van der Waals surface area contributed by atoms with Crippen LogP contribution in [-0.4, -0.2) is 4.57 Å². The van der Waals surface area contributed by atoms with Crippen LogP contribution in [-0.2, 0) is 6.54 Å². The molecule has 1 rings (SSSR count). The molecule has 0 radical (unpaired) electrons. The summed E-state index contributed by atoms with van der Waals surface area (Å²) in [4.78, 5) is 12.4. The normalized spacial score (nSPS) is 13.1. The van der Waals surface area contributed by atoms with Crippen molar-refractivity contribution in [3.8, 4) is 0 Å². The van der Waals surface area contributed by atoms with Crippen molar-refractivity contribution in [3.63, 3.8) is 0 Å². The lowest BCUT2D eigenvalue weighted by atomic mass is 9.79. The highest BCUT2D eigenvalue weighted by Crippen LogP contribution is 2.29. The van der Waals surface area contributed by atoms with Crippen LogP contribution in [0.2, 0.25) is 0 Å². The van der Waals surface area contributed by atoms with E-state index in [2.05, 4.69) is 40.9 Å². The quantitative estimate of drug-likeness (QED) is 0.776. The predicted octanol–water partition coefficient (Wildman–Crippen LogP) is 4.21. The van der Waals surface area contributed by atoms with Gasteiger partial charge in [-0.2, -0.15) is 0 Å². The molecule has 0 fully saturated rings. The van der Waals surface area contributed by atoms with Crippen molar-refractivity contribution in [2.45, 2.75) is 40.7 Å². The second kappa shape index (κ2) is 6.05. The summed E-state index contributed by atoms with van der Waals surface area (Å²) in [5, 5.41) is 0. The molecule has 2 heteroatoms. The molecule has 19 heavy (non-hydrogen) atoms. The molecule has 0 aliphatic rings. The van der Waals surface area contributed by atoms with E-state index in [9.17, 15) is 4.79 Å². The highest BCUT2D eigenvalue weighted by molar-refractivity contribution is 5.62. The van der Waals surface area contributed by atoms with Crippen molar-refractivity contribution in [1.29, 1.82) is 0 Å². The van der Waals surface area contributed by atoms with Gasteiger partial charge >= 0.3 is 0 Å². The minimum Gasteiger partial charge on any atom is -0.315 e. The summed E-state index contributed by atoms with van der Waals surface area (Å²) >= 11 is 0. The fourth-order valence-electron chi connectivity index (χ4n) is 2.39. The molecule has 0 amide bonds. The van der Waals surface area contributed by atoms with Gasteiger partial charge in [-0.15, -0.1) is 0 Å². The van der Waals surface area contributed by atoms with Crippen molar-refractivity contribution >= 4 is 12.2 Å². The highest BCUT2D eigenvalue weighted by Gasteiger charge is 2.23. The zero-order chi connectivity index (χ0) is 14.6. The molecule has 0 saturated carbocycles. The van der Waals surface area contributed by atoms with Crippen LogP contribution in [0.1, 0.15) is 45.2 Å². The largest absolute Gasteiger partial charge is 0.315 e. The van der Waals surface area contributed by atoms with Crippen LogP contribution in [0, 0.1) is 11.3 Å². The Morgan fingerprint density at radius 1 is 1.32 bits per heavy atom. The van der Waals surface area contributed by atoms with Crippen molar-refractivity contribution in [2.24, 2.45) is 11.3 Å². The minimum absolute atomic E-state index is 0.0232. The minimum atomic E-state index is 0.0232. The first-order valence-corrected chi connectivity index (χ1v) is 6.83. The van der Waals surface area contributed by atoms with Crippen LogP contribution in [0.15, 0.2) is 30.2 Å². The van der Waals surface area contributed by atoms with Crippen LogP contribution in [0.5, 0.6) is 0 Å². The Morgan fingerprint density at radius 2 is 1.95 bits per heavy atom. The van der Waals surface area contributed by atoms with Crippen molar-refractivity contribution < 1.29 is 0 Å². The van der Waals surface area contributed by atoms with Gasteiger partial charge < -0.3 is 4.57 Å². The number of hydrogen-bond acceptors (Lipinski definition) is 1. The van der Waals surface area contributed by atoms with E-state index < -0.39 is 0 Å². The van der Waals surface area contributed by atoms with Gasteiger partial charge in [-0.25, -0.2) is 0 Å². The van der Waals surface area contributed by atoms with Gasteiger partial charge in [0.15, 0.2) is 0 Å².